The Morgan fingerprint density at radius 2 is 1.83 bits per heavy atom. The maximum atomic E-state index is 13.0. The standard InChI is InChI=1S/C22H15N5OS/c1-12-9-16-17(10-13(12)2)25-21(28)19(24-16)20-18(26-22-27(20)7-8-29-22)15-5-3-14(11-23)4-6-15/h3-10H,1-2H3,(H,25,28). The molecule has 0 radical (unpaired) electrons. The average Bonchev–Trinajstić information content (AvgIpc) is 3.30. The number of thiazole rings is 1. The highest BCUT2D eigenvalue weighted by Gasteiger charge is 2.21. The molecule has 6 nitrogen and oxygen atoms in total. The third-order valence-corrected chi connectivity index (χ3v) is 5.84. The molecule has 3 aromatic heterocycles. The molecule has 0 aliphatic carbocycles. The van der Waals surface area contributed by atoms with Gasteiger partial charge < -0.3 is 4.98 Å². The molecule has 0 atom stereocenters. The monoisotopic (exact) mass is 397 g/mol. The van der Waals surface area contributed by atoms with Crippen molar-refractivity contribution in [3.05, 3.63) is 75.0 Å². The van der Waals surface area contributed by atoms with Crippen molar-refractivity contribution in [2.24, 2.45) is 0 Å². The number of hydrogen-bond acceptors (Lipinski definition) is 5. The Balaban J connectivity index is 1.81. The highest BCUT2D eigenvalue weighted by Crippen LogP contribution is 2.32. The minimum Gasteiger partial charge on any atom is -0.319 e. The van der Waals surface area contributed by atoms with E-state index in [4.69, 9.17) is 15.2 Å². The summed E-state index contributed by atoms with van der Waals surface area (Å²) >= 11 is 1.49. The molecule has 0 amide bonds. The Labute approximate surface area is 169 Å². The van der Waals surface area contributed by atoms with E-state index in [1.165, 1.54) is 11.3 Å². The first kappa shape index (κ1) is 17.3. The second kappa shape index (κ2) is 6.40. The summed E-state index contributed by atoms with van der Waals surface area (Å²) in [6, 6.07) is 13.2. The first-order valence-corrected chi connectivity index (χ1v) is 9.91. The molecular formula is C22H15N5OS. The molecule has 2 aromatic carbocycles. The summed E-state index contributed by atoms with van der Waals surface area (Å²) < 4.78 is 1.89. The van der Waals surface area contributed by atoms with Crippen LogP contribution in [0.15, 0.2) is 52.8 Å². The van der Waals surface area contributed by atoms with Crippen molar-refractivity contribution >= 4 is 27.3 Å². The van der Waals surface area contributed by atoms with Crippen LogP contribution in [0.3, 0.4) is 0 Å². The fourth-order valence-electron chi connectivity index (χ4n) is 3.42. The van der Waals surface area contributed by atoms with Gasteiger partial charge in [0.15, 0.2) is 10.7 Å². The summed E-state index contributed by atoms with van der Waals surface area (Å²) in [7, 11) is 0. The van der Waals surface area contributed by atoms with Gasteiger partial charge in [0.25, 0.3) is 5.56 Å². The van der Waals surface area contributed by atoms with Crippen molar-refractivity contribution in [2.75, 3.05) is 0 Å². The van der Waals surface area contributed by atoms with Crippen LogP contribution in [-0.4, -0.2) is 19.4 Å². The summed E-state index contributed by atoms with van der Waals surface area (Å²) in [5.74, 6) is 0. The van der Waals surface area contributed by atoms with Gasteiger partial charge in [-0.3, -0.25) is 9.20 Å². The zero-order chi connectivity index (χ0) is 20.1. The Bertz CT molecular complexity index is 1500. The molecule has 0 unspecified atom stereocenters. The normalized spacial score (nSPS) is 11.2. The summed E-state index contributed by atoms with van der Waals surface area (Å²) in [5.41, 5.74) is 6.45. The molecule has 0 bridgehead atoms. The van der Waals surface area contributed by atoms with E-state index >= 15 is 0 Å². The highest BCUT2D eigenvalue weighted by atomic mass is 32.1. The van der Waals surface area contributed by atoms with E-state index in [1.807, 2.05) is 54.1 Å². The van der Waals surface area contributed by atoms with Crippen molar-refractivity contribution in [3.63, 3.8) is 0 Å². The summed E-state index contributed by atoms with van der Waals surface area (Å²) in [6.45, 7) is 4.04. The molecule has 0 aliphatic heterocycles. The number of aromatic amines is 1. The van der Waals surface area contributed by atoms with E-state index in [0.29, 0.717) is 28.2 Å². The molecule has 5 aromatic rings. The van der Waals surface area contributed by atoms with Crippen LogP contribution in [0.25, 0.3) is 38.6 Å². The molecule has 0 saturated heterocycles. The van der Waals surface area contributed by atoms with Gasteiger partial charge in [-0.05, 0) is 49.2 Å². The fraction of sp³-hybridized carbons (Fsp3) is 0.0909. The Kier molecular flexibility index (Phi) is 3.83. The number of benzene rings is 2. The minimum absolute atomic E-state index is 0.261. The van der Waals surface area contributed by atoms with Crippen LogP contribution in [0.2, 0.25) is 0 Å². The maximum absolute atomic E-state index is 13.0. The van der Waals surface area contributed by atoms with Crippen LogP contribution in [0.1, 0.15) is 16.7 Å². The zero-order valence-electron chi connectivity index (χ0n) is 15.7. The molecule has 7 heteroatoms. The molecule has 29 heavy (non-hydrogen) atoms. The molecule has 1 N–H and O–H groups in total. The van der Waals surface area contributed by atoms with Crippen molar-refractivity contribution in [1.29, 1.82) is 5.26 Å². The topological polar surface area (TPSA) is 86.8 Å². The number of rotatable bonds is 2. The lowest BCUT2D eigenvalue weighted by Crippen LogP contribution is -2.13. The second-order valence-corrected chi connectivity index (χ2v) is 7.79. The van der Waals surface area contributed by atoms with E-state index < -0.39 is 0 Å². The van der Waals surface area contributed by atoms with Crippen LogP contribution in [0.5, 0.6) is 0 Å². The number of nitriles is 1. The molecule has 0 spiro atoms. The van der Waals surface area contributed by atoms with Gasteiger partial charge in [-0.2, -0.15) is 5.26 Å². The summed E-state index contributed by atoms with van der Waals surface area (Å²) in [6.07, 6.45) is 1.89. The lowest BCUT2D eigenvalue weighted by Gasteiger charge is -2.07. The van der Waals surface area contributed by atoms with Gasteiger partial charge in [0.05, 0.1) is 22.7 Å². The van der Waals surface area contributed by atoms with Crippen molar-refractivity contribution in [3.8, 4) is 28.7 Å². The predicted molar refractivity (Wildman–Crippen MR) is 114 cm³/mol. The first-order chi connectivity index (χ1) is 14.0. The van der Waals surface area contributed by atoms with Crippen molar-refractivity contribution in [2.45, 2.75) is 13.8 Å². The van der Waals surface area contributed by atoms with E-state index in [-0.39, 0.29) is 5.56 Å². The molecule has 0 saturated carbocycles. The summed E-state index contributed by atoms with van der Waals surface area (Å²) in [4.78, 5) is 26.2. The first-order valence-electron chi connectivity index (χ1n) is 9.03. The van der Waals surface area contributed by atoms with Gasteiger partial charge in [0.2, 0.25) is 0 Å². The van der Waals surface area contributed by atoms with Crippen LogP contribution in [-0.2, 0) is 0 Å². The van der Waals surface area contributed by atoms with E-state index in [0.717, 1.165) is 27.2 Å². The number of nitrogens with zero attached hydrogens (tertiary/aromatic N) is 4. The second-order valence-electron chi connectivity index (χ2n) is 6.92. The number of nitrogens with one attached hydrogen (secondary N) is 1. The quantitative estimate of drug-likeness (QED) is 0.477. The number of aromatic nitrogens is 4. The largest absolute Gasteiger partial charge is 0.319 e. The molecule has 5 rings (SSSR count). The van der Waals surface area contributed by atoms with Gasteiger partial charge in [0, 0.05) is 17.1 Å². The van der Waals surface area contributed by atoms with Crippen molar-refractivity contribution < 1.29 is 0 Å². The molecule has 0 aliphatic rings. The molecule has 3 heterocycles. The third-order valence-electron chi connectivity index (χ3n) is 5.08. The van der Waals surface area contributed by atoms with Crippen LogP contribution in [0.4, 0.5) is 0 Å². The van der Waals surface area contributed by atoms with Crippen LogP contribution < -0.4 is 5.56 Å². The van der Waals surface area contributed by atoms with Gasteiger partial charge in [-0.1, -0.05) is 12.1 Å². The smallest absolute Gasteiger partial charge is 0.276 e. The number of hydrogen-bond donors (Lipinski definition) is 1. The van der Waals surface area contributed by atoms with Gasteiger partial charge in [0.1, 0.15) is 11.4 Å². The zero-order valence-corrected chi connectivity index (χ0v) is 16.5. The number of fused-ring (bicyclic) bond motifs is 2. The van der Waals surface area contributed by atoms with Gasteiger partial charge in [-0.25, -0.2) is 9.97 Å². The van der Waals surface area contributed by atoms with E-state index in [1.54, 1.807) is 12.1 Å². The van der Waals surface area contributed by atoms with Gasteiger partial charge in [-0.15, -0.1) is 11.3 Å². The maximum Gasteiger partial charge on any atom is 0.276 e. The molecular weight excluding hydrogens is 382 g/mol. The number of H-pyrrole nitrogens is 1. The van der Waals surface area contributed by atoms with Crippen LogP contribution in [0, 0.1) is 25.2 Å². The number of imidazole rings is 1. The third kappa shape index (κ3) is 2.73. The highest BCUT2D eigenvalue weighted by molar-refractivity contribution is 7.15. The number of aryl methyl sites for hydroxylation is 2. The minimum atomic E-state index is -0.261. The average molecular weight is 397 g/mol. The Morgan fingerprint density at radius 3 is 2.59 bits per heavy atom. The molecule has 0 fully saturated rings. The van der Waals surface area contributed by atoms with Crippen LogP contribution >= 0.6 is 11.3 Å². The fourth-order valence-corrected chi connectivity index (χ4v) is 4.14. The Hall–Kier alpha value is -3.76. The predicted octanol–water partition coefficient (Wildman–Crippen LogP) is 4.45. The molecule has 140 valence electrons. The van der Waals surface area contributed by atoms with E-state index in [9.17, 15) is 4.79 Å². The lowest BCUT2D eigenvalue weighted by atomic mass is 10.1. The summed E-state index contributed by atoms with van der Waals surface area (Å²) in [5, 5.41) is 11.0. The van der Waals surface area contributed by atoms with E-state index in [2.05, 4.69) is 11.1 Å². The Morgan fingerprint density at radius 1 is 1.07 bits per heavy atom. The lowest BCUT2D eigenvalue weighted by molar-refractivity contribution is 1.15. The SMILES string of the molecule is Cc1cc2nc(-c3c(-c4ccc(C#N)cc4)nc4sccn34)c(=O)[nH]c2cc1C. The van der Waals surface area contributed by atoms with Crippen molar-refractivity contribution in [1.82, 2.24) is 19.4 Å². The van der Waals surface area contributed by atoms with Gasteiger partial charge >= 0.3 is 0 Å².